The number of rotatable bonds is 7. The first-order chi connectivity index (χ1) is 12.7. The molecule has 1 aromatic carbocycles. The molecule has 0 radical (unpaired) electrons. The van der Waals surface area contributed by atoms with Gasteiger partial charge in [-0.1, -0.05) is 12.1 Å². The van der Waals surface area contributed by atoms with E-state index in [2.05, 4.69) is 5.32 Å². The molecule has 3 rings (SSSR count). The standard InChI is InChI=1S/C21H27FN2O2.ClH/c1-23-13-10-16-11-14-24(15-12-16)21(25)9-7-17-6-8-20(26-17)18-4-2-3-5-19(18)22;/h2-6,8,16,23H,7,9-15H2,1H3;1H. The fraction of sp³-hybridized carbons (Fsp3) is 0.476. The van der Waals surface area contributed by atoms with Gasteiger partial charge in [0.1, 0.15) is 17.3 Å². The highest BCUT2D eigenvalue weighted by Gasteiger charge is 2.22. The maximum Gasteiger partial charge on any atom is 0.223 e. The van der Waals surface area contributed by atoms with E-state index < -0.39 is 0 Å². The van der Waals surface area contributed by atoms with Crippen molar-refractivity contribution in [2.45, 2.75) is 32.1 Å². The van der Waals surface area contributed by atoms with Crippen molar-refractivity contribution in [1.82, 2.24) is 10.2 Å². The van der Waals surface area contributed by atoms with Gasteiger partial charge in [0.15, 0.2) is 0 Å². The predicted octanol–water partition coefficient (Wildman–Crippen LogP) is 4.29. The van der Waals surface area contributed by atoms with Gasteiger partial charge in [-0.25, -0.2) is 4.39 Å². The van der Waals surface area contributed by atoms with Crippen LogP contribution in [0, 0.1) is 11.7 Å². The minimum Gasteiger partial charge on any atom is -0.461 e. The van der Waals surface area contributed by atoms with Crippen molar-refractivity contribution >= 4 is 18.3 Å². The van der Waals surface area contributed by atoms with E-state index in [4.69, 9.17) is 4.42 Å². The van der Waals surface area contributed by atoms with Gasteiger partial charge in [0, 0.05) is 25.9 Å². The highest BCUT2D eigenvalue weighted by molar-refractivity contribution is 5.85. The number of nitrogens with zero attached hydrogens (tertiary/aromatic N) is 1. The summed E-state index contributed by atoms with van der Waals surface area (Å²) in [7, 11) is 1.98. The lowest BCUT2D eigenvalue weighted by Gasteiger charge is -2.32. The van der Waals surface area contributed by atoms with Crippen LogP contribution in [0.5, 0.6) is 0 Å². The van der Waals surface area contributed by atoms with E-state index in [-0.39, 0.29) is 24.1 Å². The van der Waals surface area contributed by atoms with Crippen LogP contribution in [0.3, 0.4) is 0 Å². The van der Waals surface area contributed by atoms with Gasteiger partial charge >= 0.3 is 0 Å². The Morgan fingerprint density at radius 1 is 1.22 bits per heavy atom. The zero-order chi connectivity index (χ0) is 18.4. The monoisotopic (exact) mass is 394 g/mol. The average Bonchev–Trinajstić information content (AvgIpc) is 3.14. The molecule has 0 saturated carbocycles. The number of nitrogens with one attached hydrogen (secondary N) is 1. The van der Waals surface area contributed by atoms with Crippen LogP contribution >= 0.6 is 12.4 Å². The fourth-order valence-electron chi connectivity index (χ4n) is 3.53. The SMILES string of the molecule is CNCCC1CCN(C(=O)CCc2ccc(-c3ccccc3F)o2)CC1.Cl. The molecule has 4 nitrogen and oxygen atoms in total. The maximum absolute atomic E-state index is 13.8. The molecule has 6 heteroatoms. The highest BCUT2D eigenvalue weighted by atomic mass is 35.5. The van der Waals surface area contributed by atoms with Crippen molar-refractivity contribution in [3.8, 4) is 11.3 Å². The summed E-state index contributed by atoms with van der Waals surface area (Å²) < 4.78 is 19.6. The Balaban J connectivity index is 0.00000261. The molecule has 1 aliphatic heterocycles. The number of hydrogen-bond donors (Lipinski definition) is 1. The second-order valence-electron chi connectivity index (χ2n) is 6.96. The van der Waals surface area contributed by atoms with Crippen molar-refractivity contribution in [1.29, 1.82) is 0 Å². The minimum atomic E-state index is -0.300. The summed E-state index contributed by atoms with van der Waals surface area (Å²) in [5, 5.41) is 3.19. The Labute approximate surface area is 166 Å². The number of amides is 1. The summed E-state index contributed by atoms with van der Waals surface area (Å²) in [6, 6.07) is 10.2. The molecule has 1 aliphatic rings. The second kappa shape index (κ2) is 10.5. The van der Waals surface area contributed by atoms with Crippen molar-refractivity contribution in [3.63, 3.8) is 0 Å². The van der Waals surface area contributed by atoms with Crippen LogP contribution in [0.15, 0.2) is 40.8 Å². The third kappa shape index (κ3) is 5.81. The molecule has 0 aliphatic carbocycles. The number of furan rings is 1. The Hall–Kier alpha value is -1.85. The van der Waals surface area contributed by atoms with E-state index in [1.165, 1.54) is 12.5 Å². The van der Waals surface area contributed by atoms with Gasteiger partial charge in [-0.2, -0.15) is 0 Å². The van der Waals surface area contributed by atoms with Gasteiger partial charge in [0.2, 0.25) is 5.91 Å². The zero-order valence-corrected chi connectivity index (χ0v) is 16.6. The van der Waals surface area contributed by atoms with Gasteiger partial charge in [-0.3, -0.25) is 4.79 Å². The molecular formula is C21H28ClFN2O2. The van der Waals surface area contributed by atoms with Crippen molar-refractivity contribution in [2.75, 3.05) is 26.7 Å². The number of aryl methyl sites for hydroxylation is 1. The van der Waals surface area contributed by atoms with Gasteiger partial charge in [0.05, 0.1) is 5.56 Å². The third-order valence-corrected chi connectivity index (χ3v) is 5.16. The number of likely N-dealkylation sites (tertiary alicyclic amines) is 1. The van der Waals surface area contributed by atoms with Gasteiger partial charge in [-0.05, 0) is 63.0 Å². The molecule has 0 atom stereocenters. The van der Waals surface area contributed by atoms with Gasteiger partial charge in [-0.15, -0.1) is 12.4 Å². The molecule has 2 aromatic rings. The number of halogens is 2. The van der Waals surface area contributed by atoms with E-state index in [0.717, 1.165) is 44.2 Å². The van der Waals surface area contributed by atoms with E-state index in [1.807, 2.05) is 18.0 Å². The molecule has 148 valence electrons. The van der Waals surface area contributed by atoms with Crippen LogP contribution in [0.4, 0.5) is 4.39 Å². The van der Waals surface area contributed by atoms with Crippen LogP contribution in [0.2, 0.25) is 0 Å². The van der Waals surface area contributed by atoms with Crippen molar-refractivity contribution in [2.24, 2.45) is 5.92 Å². The summed E-state index contributed by atoms with van der Waals surface area (Å²) in [6.45, 7) is 2.75. The lowest BCUT2D eigenvalue weighted by Crippen LogP contribution is -2.39. The highest BCUT2D eigenvalue weighted by Crippen LogP contribution is 2.26. The van der Waals surface area contributed by atoms with Crippen molar-refractivity contribution < 1.29 is 13.6 Å². The third-order valence-electron chi connectivity index (χ3n) is 5.16. The number of piperidine rings is 1. The van der Waals surface area contributed by atoms with E-state index >= 15 is 0 Å². The first-order valence-corrected chi connectivity index (χ1v) is 9.43. The molecule has 1 amide bonds. The molecule has 1 saturated heterocycles. The molecule has 1 aromatic heterocycles. The summed E-state index contributed by atoms with van der Waals surface area (Å²) in [4.78, 5) is 14.4. The molecule has 1 N–H and O–H groups in total. The summed E-state index contributed by atoms with van der Waals surface area (Å²) in [5.41, 5.74) is 0.453. The van der Waals surface area contributed by atoms with Crippen LogP contribution in [-0.2, 0) is 11.2 Å². The Kier molecular flexibility index (Phi) is 8.32. The lowest BCUT2D eigenvalue weighted by atomic mass is 9.93. The molecule has 2 heterocycles. The maximum atomic E-state index is 13.8. The first kappa shape index (κ1) is 21.5. The van der Waals surface area contributed by atoms with Crippen molar-refractivity contribution in [3.05, 3.63) is 48.0 Å². The van der Waals surface area contributed by atoms with Crippen LogP contribution < -0.4 is 5.32 Å². The molecule has 0 bridgehead atoms. The smallest absolute Gasteiger partial charge is 0.223 e. The second-order valence-corrected chi connectivity index (χ2v) is 6.96. The Morgan fingerprint density at radius 3 is 2.67 bits per heavy atom. The summed E-state index contributed by atoms with van der Waals surface area (Å²) in [6.07, 6.45) is 4.35. The topological polar surface area (TPSA) is 45.5 Å². The minimum absolute atomic E-state index is 0. The largest absolute Gasteiger partial charge is 0.461 e. The number of carbonyl (C=O) groups is 1. The quantitative estimate of drug-likeness (QED) is 0.762. The Bertz CT molecular complexity index is 726. The van der Waals surface area contributed by atoms with Gasteiger partial charge in [0.25, 0.3) is 0 Å². The summed E-state index contributed by atoms with van der Waals surface area (Å²) >= 11 is 0. The molecule has 0 unspecified atom stereocenters. The number of benzene rings is 1. The van der Waals surface area contributed by atoms with E-state index in [9.17, 15) is 9.18 Å². The molecule has 0 spiro atoms. The lowest BCUT2D eigenvalue weighted by molar-refractivity contribution is -0.132. The predicted molar refractivity (Wildman–Crippen MR) is 108 cm³/mol. The van der Waals surface area contributed by atoms with E-state index in [1.54, 1.807) is 24.3 Å². The van der Waals surface area contributed by atoms with Gasteiger partial charge < -0.3 is 14.6 Å². The summed E-state index contributed by atoms with van der Waals surface area (Å²) in [5.74, 6) is 1.84. The fourth-order valence-corrected chi connectivity index (χ4v) is 3.53. The average molecular weight is 395 g/mol. The van der Waals surface area contributed by atoms with Crippen LogP contribution in [0.1, 0.15) is 31.4 Å². The molecule has 1 fully saturated rings. The number of hydrogen-bond acceptors (Lipinski definition) is 3. The van der Waals surface area contributed by atoms with Crippen LogP contribution in [-0.4, -0.2) is 37.5 Å². The number of carbonyl (C=O) groups excluding carboxylic acids is 1. The Morgan fingerprint density at radius 2 is 1.96 bits per heavy atom. The van der Waals surface area contributed by atoms with E-state index in [0.29, 0.717) is 24.2 Å². The first-order valence-electron chi connectivity index (χ1n) is 9.43. The zero-order valence-electron chi connectivity index (χ0n) is 15.7. The normalized spacial score (nSPS) is 14.8. The van der Waals surface area contributed by atoms with Crippen LogP contribution in [0.25, 0.3) is 11.3 Å². The molecular weight excluding hydrogens is 367 g/mol. The molecule has 27 heavy (non-hydrogen) atoms.